The minimum atomic E-state index is -0.363. The molecule has 1 aliphatic carbocycles. The monoisotopic (exact) mass is 280 g/mol. The lowest BCUT2D eigenvalue weighted by Crippen LogP contribution is -2.56. The summed E-state index contributed by atoms with van der Waals surface area (Å²) in [5, 5.41) is 14.3. The Labute approximate surface area is 118 Å². The third-order valence-corrected chi connectivity index (χ3v) is 3.74. The fourth-order valence-electron chi connectivity index (χ4n) is 2.59. The van der Waals surface area contributed by atoms with Crippen molar-refractivity contribution in [2.45, 2.75) is 38.5 Å². The number of hydrogen-bond donors (Lipinski definition) is 1. The lowest BCUT2D eigenvalue weighted by molar-refractivity contribution is -0.385. The van der Waals surface area contributed by atoms with Gasteiger partial charge in [0.25, 0.3) is 5.69 Å². The number of benzene rings is 1. The van der Waals surface area contributed by atoms with Gasteiger partial charge < -0.3 is 14.8 Å². The molecule has 1 N–H and O–H groups in total. The third-order valence-electron chi connectivity index (χ3n) is 3.74. The number of nitro groups is 1. The van der Waals surface area contributed by atoms with E-state index >= 15 is 0 Å². The Morgan fingerprint density at radius 1 is 1.50 bits per heavy atom. The van der Waals surface area contributed by atoms with Gasteiger partial charge in [0, 0.05) is 31.0 Å². The van der Waals surface area contributed by atoms with Crippen LogP contribution in [0.4, 0.5) is 11.4 Å². The molecule has 6 nitrogen and oxygen atoms in total. The number of anilines is 1. The number of nitrogens with one attached hydrogen (secondary N) is 1. The number of rotatable bonds is 6. The Kier molecular flexibility index (Phi) is 4.57. The average Bonchev–Trinajstić information content (AvgIpc) is 2.39. The zero-order valence-electron chi connectivity index (χ0n) is 12.0. The summed E-state index contributed by atoms with van der Waals surface area (Å²) in [5.74, 6) is 0. The van der Waals surface area contributed by atoms with Gasteiger partial charge in [-0.2, -0.15) is 0 Å². The molecule has 2 rings (SSSR count). The van der Waals surface area contributed by atoms with Crippen molar-refractivity contribution in [3.63, 3.8) is 0 Å². The molecule has 6 heteroatoms. The topological polar surface area (TPSA) is 73.6 Å². The normalized spacial score (nSPS) is 25.1. The van der Waals surface area contributed by atoms with Gasteiger partial charge in [0.15, 0.2) is 0 Å². The summed E-state index contributed by atoms with van der Waals surface area (Å²) < 4.78 is 11.0. The van der Waals surface area contributed by atoms with Gasteiger partial charge >= 0.3 is 0 Å². The van der Waals surface area contributed by atoms with E-state index in [0.717, 1.165) is 12.1 Å². The van der Waals surface area contributed by atoms with Crippen LogP contribution < -0.4 is 5.32 Å². The van der Waals surface area contributed by atoms with Crippen molar-refractivity contribution in [2.75, 3.05) is 19.0 Å². The summed E-state index contributed by atoms with van der Waals surface area (Å²) in [6.07, 6.45) is 0.921. The van der Waals surface area contributed by atoms with E-state index in [2.05, 4.69) is 5.32 Å². The minimum absolute atomic E-state index is 0.0198. The minimum Gasteiger partial charge on any atom is -0.379 e. The zero-order chi connectivity index (χ0) is 14.7. The summed E-state index contributed by atoms with van der Waals surface area (Å²) in [5.41, 5.74) is 1.55. The van der Waals surface area contributed by atoms with E-state index in [0.29, 0.717) is 12.2 Å². The van der Waals surface area contributed by atoms with Gasteiger partial charge in [-0.1, -0.05) is 6.07 Å². The number of nitro benzene ring substituents is 1. The van der Waals surface area contributed by atoms with Crippen LogP contribution in [0.25, 0.3) is 0 Å². The first-order valence-electron chi connectivity index (χ1n) is 6.73. The van der Waals surface area contributed by atoms with Gasteiger partial charge in [-0.3, -0.25) is 10.1 Å². The molecule has 1 aliphatic rings. The van der Waals surface area contributed by atoms with Crippen molar-refractivity contribution >= 4 is 11.4 Å². The highest BCUT2D eigenvalue weighted by molar-refractivity contribution is 5.60. The standard InChI is InChI=1S/C14H20N2O4/c1-4-20-13-8-11(14(13)19-3)15-10-6-5-7-12(9(10)2)16(17)18/h5-7,11,13-15H,4,8H2,1-3H3. The molecule has 1 fully saturated rings. The van der Waals surface area contributed by atoms with Gasteiger partial charge in [-0.15, -0.1) is 0 Å². The lowest BCUT2D eigenvalue weighted by Gasteiger charge is -2.43. The van der Waals surface area contributed by atoms with E-state index < -0.39 is 0 Å². The second kappa shape index (κ2) is 6.19. The van der Waals surface area contributed by atoms with Crippen molar-refractivity contribution in [2.24, 2.45) is 0 Å². The van der Waals surface area contributed by atoms with Crippen LogP contribution in [0.3, 0.4) is 0 Å². The highest BCUT2D eigenvalue weighted by Gasteiger charge is 2.42. The second-order valence-electron chi connectivity index (χ2n) is 4.89. The van der Waals surface area contributed by atoms with Crippen molar-refractivity contribution in [1.82, 2.24) is 0 Å². The van der Waals surface area contributed by atoms with Crippen LogP contribution in [0.5, 0.6) is 0 Å². The molecule has 0 saturated heterocycles. The first-order valence-corrected chi connectivity index (χ1v) is 6.73. The number of nitrogens with zero attached hydrogens (tertiary/aromatic N) is 1. The molecule has 0 radical (unpaired) electrons. The summed E-state index contributed by atoms with van der Waals surface area (Å²) >= 11 is 0. The summed E-state index contributed by atoms with van der Waals surface area (Å²) in [6, 6.07) is 5.17. The molecule has 1 aromatic rings. The average molecular weight is 280 g/mol. The second-order valence-corrected chi connectivity index (χ2v) is 4.89. The molecule has 0 spiro atoms. The summed E-state index contributed by atoms with van der Waals surface area (Å²) in [6.45, 7) is 4.37. The van der Waals surface area contributed by atoms with Crippen LogP contribution in [0, 0.1) is 17.0 Å². The van der Waals surface area contributed by atoms with Crippen LogP contribution in [-0.2, 0) is 9.47 Å². The van der Waals surface area contributed by atoms with Crippen molar-refractivity contribution in [1.29, 1.82) is 0 Å². The van der Waals surface area contributed by atoms with E-state index in [1.807, 2.05) is 13.0 Å². The molecule has 0 amide bonds. The molecular formula is C14H20N2O4. The smallest absolute Gasteiger partial charge is 0.274 e. The van der Waals surface area contributed by atoms with E-state index in [1.54, 1.807) is 20.1 Å². The van der Waals surface area contributed by atoms with Crippen molar-refractivity contribution in [3.8, 4) is 0 Å². The molecular weight excluding hydrogens is 260 g/mol. The van der Waals surface area contributed by atoms with Crippen LogP contribution >= 0.6 is 0 Å². The molecule has 0 heterocycles. The lowest BCUT2D eigenvalue weighted by atomic mass is 9.84. The van der Waals surface area contributed by atoms with Gasteiger partial charge in [0.1, 0.15) is 6.10 Å². The van der Waals surface area contributed by atoms with E-state index in [9.17, 15) is 10.1 Å². The van der Waals surface area contributed by atoms with Crippen molar-refractivity contribution < 1.29 is 14.4 Å². The maximum Gasteiger partial charge on any atom is 0.274 e. The molecule has 20 heavy (non-hydrogen) atoms. The fraction of sp³-hybridized carbons (Fsp3) is 0.571. The van der Waals surface area contributed by atoms with Crippen LogP contribution in [0.1, 0.15) is 18.9 Å². The Morgan fingerprint density at radius 2 is 2.25 bits per heavy atom. The van der Waals surface area contributed by atoms with E-state index in [1.165, 1.54) is 6.07 Å². The first kappa shape index (κ1) is 14.7. The molecule has 3 atom stereocenters. The van der Waals surface area contributed by atoms with Gasteiger partial charge in [-0.05, 0) is 26.3 Å². The molecule has 1 aromatic carbocycles. The largest absolute Gasteiger partial charge is 0.379 e. The quantitative estimate of drug-likeness (QED) is 0.640. The highest BCUT2D eigenvalue weighted by atomic mass is 16.6. The molecule has 1 saturated carbocycles. The number of ether oxygens (including phenoxy) is 2. The van der Waals surface area contributed by atoms with Crippen molar-refractivity contribution in [3.05, 3.63) is 33.9 Å². The molecule has 110 valence electrons. The van der Waals surface area contributed by atoms with Gasteiger partial charge in [-0.25, -0.2) is 0 Å². The molecule has 0 aromatic heterocycles. The summed E-state index contributed by atoms with van der Waals surface area (Å²) in [4.78, 5) is 10.6. The third kappa shape index (κ3) is 2.76. The Hall–Kier alpha value is -1.66. The predicted octanol–water partition coefficient (Wildman–Crippen LogP) is 2.51. The predicted molar refractivity (Wildman–Crippen MR) is 76.1 cm³/mol. The Bertz CT molecular complexity index is 492. The van der Waals surface area contributed by atoms with Gasteiger partial charge in [0.2, 0.25) is 0 Å². The maximum atomic E-state index is 10.9. The number of hydrogen-bond acceptors (Lipinski definition) is 5. The molecule has 0 aliphatic heterocycles. The maximum absolute atomic E-state index is 10.9. The molecule has 0 bridgehead atoms. The van der Waals surface area contributed by atoms with Crippen LogP contribution in [-0.4, -0.2) is 36.9 Å². The van der Waals surface area contributed by atoms with Crippen LogP contribution in [0.15, 0.2) is 18.2 Å². The molecule has 3 unspecified atom stereocenters. The van der Waals surface area contributed by atoms with E-state index in [4.69, 9.17) is 9.47 Å². The SMILES string of the molecule is CCOC1CC(Nc2cccc([N+](=O)[O-])c2C)C1OC. The fourth-order valence-corrected chi connectivity index (χ4v) is 2.59. The number of methoxy groups -OCH3 is 1. The first-order chi connectivity index (χ1) is 9.58. The van der Waals surface area contributed by atoms with Gasteiger partial charge in [0.05, 0.1) is 17.1 Å². The Balaban J connectivity index is 2.08. The summed E-state index contributed by atoms with van der Waals surface area (Å²) in [7, 11) is 1.66. The van der Waals surface area contributed by atoms with Crippen LogP contribution in [0.2, 0.25) is 0 Å². The zero-order valence-corrected chi connectivity index (χ0v) is 12.0. The van der Waals surface area contributed by atoms with E-state index in [-0.39, 0.29) is 28.9 Å². The Morgan fingerprint density at radius 3 is 2.85 bits per heavy atom. The highest BCUT2D eigenvalue weighted by Crippen LogP contribution is 2.32.